The molecule has 0 saturated heterocycles. The zero-order valence-electron chi connectivity index (χ0n) is 15.0. The van der Waals surface area contributed by atoms with Gasteiger partial charge >= 0.3 is 0 Å². The largest absolute Gasteiger partial charge is 0.274 e. The Balaban J connectivity index is 1.73. The van der Waals surface area contributed by atoms with Gasteiger partial charge in [0.1, 0.15) is 5.82 Å². The van der Waals surface area contributed by atoms with Gasteiger partial charge in [0.05, 0.1) is 11.4 Å². The molecule has 0 spiro atoms. The van der Waals surface area contributed by atoms with Crippen molar-refractivity contribution >= 4 is 39.8 Å². The van der Waals surface area contributed by atoms with E-state index in [0.29, 0.717) is 10.9 Å². The number of anilines is 2. The normalized spacial score (nSPS) is 10.9. The van der Waals surface area contributed by atoms with Gasteiger partial charge in [-0.2, -0.15) is 0 Å². The third-order valence-corrected chi connectivity index (χ3v) is 5.60. The maximum absolute atomic E-state index is 12.2. The van der Waals surface area contributed by atoms with E-state index in [1.807, 2.05) is 36.6 Å². The Morgan fingerprint density at radius 1 is 1.19 bits per heavy atom. The van der Waals surface area contributed by atoms with Gasteiger partial charge in [-0.3, -0.25) is 14.8 Å². The van der Waals surface area contributed by atoms with Crippen LogP contribution in [0.1, 0.15) is 37.9 Å². The summed E-state index contributed by atoms with van der Waals surface area (Å²) < 4.78 is 0. The van der Waals surface area contributed by atoms with Crippen LogP contribution in [0, 0.1) is 0 Å². The van der Waals surface area contributed by atoms with Crippen LogP contribution >= 0.6 is 23.1 Å². The molecular weight excluding hydrogens is 366 g/mol. The summed E-state index contributed by atoms with van der Waals surface area (Å²) in [5, 5.41) is 10.5. The highest BCUT2D eigenvalue weighted by Crippen LogP contribution is 2.31. The van der Waals surface area contributed by atoms with Crippen molar-refractivity contribution in [3.05, 3.63) is 46.7 Å². The first kappa shape index (κ1) is 18.6. The molecule has 3 rings (SSSR count). The van der Waals surface area contributed by atoms with Gasteiger partial charge < -0.3 is 0 Å². The van der Waals surface area contributed by atoms with Crippen molar-refractivity contribution in [1.82, 2.24) is 20.2 Å². The Bertz CT molecular complexity index is 872. The number of carbonyl (C=O) groups is 1. The van der Waals surface area contributed by atoms with Gasteiger partial charge in [0.25, 0.3) is 0 Å². The predicted molar refractivity (Wildman–Crippen MR) is 106 cm³/mol. The number of aromatic nitrogens is 4. The third kappa shape index (κ3) is 4.31. The number of hydrogen-bond donors (Lipinski definition) is 1. The zero-order valence-corrected chi connectivity index (χ0v) is 16.7. The molecule has 0 aliphatic heterocycles. The lowest BCUT2D eigenvalue weighted by atomic mass is 10.1. The maximum atomic E-state index is 12.2. The highest BCUT2D eigenvalue weighted by molar-refractivity contribution is 7.98. The van der Waals surface area contributed by atoms with Gasteiger partial charge in [-0.15, -0.1) is 16.4 Å². The summed E-state index contributed by atoms with van der Waals surface area (Å²) in [4.78, 5) is 22.9. The van der Waals surface area contributed by atoms with Crippen molar-refractivity contribution in [2.24, 2.45) is 0 Å². The molecule has 0 atom stereocenters. The molecule has 26 heavy (non-hydrogen) atoms. The van der Waals surface area contributed by atoms with Crippen LogP contribution in [0.3, 0.4) is 0 Å². The second-order valence-electron chi connectivity index (χ2n) is 5.70. The van der Waals surface area contributed by atoms with Crippen molar-refractivity contribution in [3.8, 4) is 0 Å². The summed E-state index contributed by atoms with van der Waals surface area (Å²) in [6.07, 6.45) is 1.80. The number of carbonyl (C=O) groups excluding carboxylic acids is 1. The van der Waals surface area contributed by atoms with E-state index in [1.54, 1.807) is 11.8 Å². The topological polar surface area (TPSA) is 74.8 Å². The minimum atomic E-state index is -0.0515. The lowest BCUT2D eigenvalue weighted by Gasteiger charge is -2.18. The summed E-state index contributed by atoms with van der Waals surface area (Å²) >= 11 is 3.00. The lowest BCUT2D eigenvalue weighted by Crippen LogP contribution is -2.22. The van der Waals surface area contributed by atoms with Crippen molar-refractivity contribution < 1.29 is 4.79 Å². The summed E-state index contributed by atoms with van der Waals surface area (Å²) in [5.74, 6) is 1.49. The number of rotatable bonds is 7. The van der Waals surface area contributed by atoms with E-state index in [-0.39, 0.29) is 5.91 Å². The summed E-state index contributed by atoms with van der Waals surface area (Å²) in [7, 11) is 0. The van der Waals surface area contributed by atoms with E-state index in [0.717, 1.165) is 35.2 Å². The molecule has 2 heterocycles. The number of H-pyrrole nitrogens is 1. The molecule has 0 radical (unpaired) electrons. The fraction of sp³-hybridized carbons (Fsp3) is 0.333. The minimum absolute atomic E-state index is 0.0515. The van der Waals surface area contributed by atoms with Crippen LogP contribution in [-0.2, 0) is 23.4 Å². The van der Waals surface area contributed by atoms with Gasteiger partial charge in [-0.25, -0.2) is 9.97 Å². The molecule has 8 heteroatoms. The molecule has 0 aliphatic carbocycles. The second kappa shape index (κ2) is 8.46. The number of benzene rings is 1. The quantitative estimate of drug-likeness (QED) is 0.610. The molecule has 0 saturated carbocycles. The summed E-state index contributed by atoms with van der Waals surface area (Å²) in [6, 6.07) is 8.03. The van der Waals surface area contributed by atoms with Crippen molar-refractivity contribution in [3.63, 3.8) is 0 Å². The first-order chi connectivity index (χ1) is 12.6. The van der Waals surface area contributed by atoms with Crippen molar-refractivity contribution in [2.45, 2.75) is 44.5 Å². The van der Waals surface area contributed by atoms with Crippen LogP contribution in [0.15, 0.2) is 34.8 Å². The molecule has 0 fully saturated rings. The highest BCUT2D eigenvalue weighted by atomic mass is 32.2. The van der Waals surface area contributed by atoms with Gasteiger partial charge in [0.2, 0.25) is 11.1 Å². The highest BCUT2D eigenvalue weighted by Gasteiger charge is 2.18. The van der Waals surface area contributed by atoms with E-state index in [4.69, 9.17) is 0 Å². The molecule has 0 aliphatic rings. The number of thioether (sulfide) groups is 1. The number of hydrogen-bond acceptors (Lipinski definition) is 6. The summed E-state index contributed by atoms with van der Waals surface area (Å²) in [5.41, 5.74) is 2.99. The Morgan fingerprint density at radius 3 is 2.58 bits per heavy atom. The predicted octanol–water partition coefficient (Wildman–Crippen LogP) is 4.36. The number of amides is 1. The SMILES string of the molecule is CCc1ccc(N(C(C)=O)c2nc(CSc3n[nH]c(CC)n3)cs2)cc1. The Morgan fingerprint density at radius 2 is 1.96 bits per heavy atom. The van der Waals surface area contributed by atoms with Gasteiger partial charge in [0.15, 0.2) is 5.13 Å². The first-order valence-electron chi connectivity index (χ1n) is 8.48. The molecule has 0 unspecified atom stereocenters. The maximum Gasteiger partial charge on any atom is 0.230 e. The monoisotopic (exact) mass is 387 g/mol. The number of nitrogens with one attached hydrogen (secondary N) is 1. The van der Waals surface area contributed by atoms with Crippen LogP contribution in [0.25, 0.3) is 0 Å². The van der Waals surface area contributed by atoms with Crippen molar-refractivity contribution in [1.29, 1.82) is 0 Å². The number of thiazole rings is 1. The van der Waals surface area contributed by atoms with Crippen LogP contribution in [0.4, 0.5) is 10.8 Å². The number of aryl methyl sites for hydroxylation is 2. The number of aromatic amines is 1. The third-order valence-electron chi connectivity index (χ3n) is 3.84. The fourth-order valence-corrected chi connectivity index (χ4v) is 4.11. The van der Waals surface area contributed by atoms with E-state index in [9.17, 15) is 4.79 Å². The van der Waals surface area contributed by atoms with E-state index in [2.05, 4.69) is 27.1 Å². The zero-order chi connectivity index (χ0) is 18.5. The lowest BCUT2D eigenvalue weighted by molar-refractivity contribution is -0.115. The van der Waals surface area contributed by atoms with Crippen LogP contribution in [0.5, 0.6) is 0 Å². The Kier molecular flexibility index (Phi) is 6.05. The smallest absolute Gasteiger partial charge is 0.230 e. The molecule has 1 aromatic carbocycles. The second-order valence-corrected chi connectivity index (χ2v) is 7.48. The Hall–Kier alpha value is -2.19. The summed E-state index contributed by atoms with van der Waals surface area (Å²) in [6.45, 7) is 5.70. The minimum Gasteiger partial charge on any atom is -0.274 e. The van der Waals surface area contributed by atoms with E-state index in [1.165, 1.54) is 28.7 Å². The number of nitrogens with zero attached hydrogens (tertiary/aromatic N) is 4. The van der Waals surface area contributed by atoms with Crippen LogP contribution < -0.4 is 4.90 Å². The average molecular weight is 388 g/mol. The van der Waals surface area contributed by atoms with Gasteiger partial charge in [0, 0.05) is 24.5 Å². The Labute approximate surface area is 161 Å². The van der Waals surface area contributed by atoms with Crippen LogP contribution in [-0.4, -0.2) is 26.1 Å². The van der Waals surface area contributed by atoms with Gasteiger partial charge in [-0.1, -0.05) is 37.7 Å². The molecule has 3 aromatic rings. The molecule has 0 bridgehead atoms. The van der Waals surface area contributed by atoms with E-state index < -0.39 is 0 Å². The average Bonchev–Trinajstić information content (AvgIpc) is 3.29. The van der Waals surface area contributed by atoms with E-state index >= 15 is 0 Å². The molecule has 1 N–H and O–H groups in total. The standard InChI is InChI=1S/C18H21N5OS2/c1-4-13-6-8-15(9-7-13)23(12(3)24)18-19-14(11-26-18)10-25-17-20-16(5-2)21-22-17/h6-9,11H,4-5,10H2,1-3H3,(H,20,21,22). The molecule has 2 aromatic heterocycles. The first-order valence-corrected chi connectivity index (χ1v) is 10.3. The molecule has 1 amide bonds. The van der Waals surface area contributed by atoms with Crippen LogP contribution in [0.2, 0.25) is 0 Å². The van der Waals surface area contributed by atoms with Gasteiger partial charge in [-0.05, 0) is 24.1 Å². The van der Waals surface area contributed by atoms with Crippen molar-refractivity contribution in [2.75, 3.05) is 4.90 Å². The molecule has 136 valence electrons. The molecule has 6 nitrogen and oxygen atoms in total. The fourth-order valence-electron chi connectivity index (χ4n) is 2.41. The molecular formula is C18H21N5OS2.